The summed E-state index contributed by atoms with van der Waals surface area (Å²) in [5.41, 5.74) is 0.629. The van der Waals surface area contributed by atoms with Gasteiger partial charge in [0.05, 0.1) is 49.3 Å². The zero-order chi connectivity index (χ0) is 28.0. The molecular weight excluding hydrogens is 478 g/mol. The highest BCUT2D eigenvalue weighted by Gasteiger charge is 2.39. The molecule has 1 aliphatic carbocycles. The smallest absolute Gasteiger partial charge is 0.336 e. The number of allylic oxidation sites excluding steroid dienone is 1. The van der Waals surface area contributed by atoms with E-state index in [1.165, 1.54) is 7.11 Å². The first-order chi connectivity index (χ1) is 18.1. The van der Waals surface area contributed by atoms with Crippen LogP contribution >= 0.6 is 0 Å². The maximum atomic E-state index is 13.1. The molecule has 12 atom stereocenters. The highest BCUT2D eigenvalue weighted by Crippen LogP contribution is 2.42. The van der Waals surface area contributed by atoms with Gasteiger partial charge in [-0.1, -0.05) is 58.8 Å². The molecule has 0 radical (unpaired) electrons. The van der Waals surface area contributed by atoms with Crippen LogP contribution in [0.15, 0.2) is 23.8 Å². The van der Waals surface area contributed by atoms with Crippen molar-refractivity contribution in [2.24, 2.45) is 41.4 Å². The first-order valence-corrected chi connectivity index (χ1v) is 14.8. The average Bonchev–Trinajstić information content (AvgIpc) is 3.31. The van der Waals surface area contributed by atoms with Gasteiger partial charge in [-0.25, -0.2) is 4.79 Å². The standard InChI is InChI=1S/C32H51NO5/c1-19-10-9-11-25(29(19)23(5)18-33)17-27(32(34)36-8)31-21(3)13-15-26(37-31)14-12-20(2)30-22(4)16-28(38-30)24(6)35-7/h12,14,17,19-26,28-31H,9-11,13,15-16H2,1-8H3/t19-,20+,21-,22+,23-,24+,25-,26-,28-,29-,30+,31-/m1/s1. The molecule has 0 spiro atoms. The minimum atomic E-state index is -0.315. The first kappa shape index (κ1) is 30.9. The van der Waals surface area contributed by atoms with E-state index < -0.39 is 0 Å². The van der Waals surface area contributed by atoms with Crippen LogP contribution in [0.5, 0.6) is 0 Å². The summed E-state index contributed by atoms with van der Waals surface area (Å²) in [6.45, 7) is 13.0. The monoisotopic (exact) mass is 529 g/mol. The Labute approximate surface area is 231 Å². The quantitative estimate of drug-likeness (QED) is 0.193. The maximum absolute atomic E-state index is 13.1. The van der Waals surface area contributed by atoms with Crippen molar-refractivity contribution in [3.05, 3.63) is 23.8 Å². The zero-order valence-corrected chi connectivity index (χ0v) is 24.9. The van der Waals surface area contributed by atoms with E-state index in [0.29, 0.717) is 17.4 Å². The second-order valence-electron chi connectivity index (χ2n) is 12.4. The van der Waals surface area contributed by atoms with Gasteiger partial charge in [0.1, 0.15) is 0 Å². The molecule has 3 fully saturated rings. The minimum Gasteiger partial charge on any atom is -0.466 e. The Kier molecular flexibility index (Phi) is 11.4. The lowest BCUT2D eigenvalue weighted by atomic mass is 9.67. The SMILES string of the molecule is COC(=O)C(=C[C@H]1CCC[C@@H](C)[C@@H]1[C@H](C)C#N)[C@@H]1O[C@H](C=C[C@H](C)[C@@H]2O[C@@H]([C@H](C)OC)C[C@@H]2C)CC[C@H]1C. The van der Waals surface area contributed by atoms with Gasteiger partial charge in [-0.2, -0.15) is 5.26 Å². The van der Waals surface area contributed by atoms with Gasteiger partial charge in [0.25, 0.3) is 0 Å². The highest BCUT2D eigenvalue weighted by molar-refractivity contribution is 5.89. The fourth-order valence-electron chi connectivity index (χ4n) is 7.14. The predicted octanol–water partition coefficient (Wildman–Crippen LogP) is 6.50. The summed E-state index contributed by atoms with van der Waals surface area (Å²) in [7, 11) is 3.19. The van der Waals surface area contributed by atoms with Crippen molar-refractivity contribution in [1.82, 2.24) is 0 Å². The van der Waals surface area contributed by atoms with Gasteiger partial charge in [-0.05, 0) is 69.1 Å². The molecule has 0 N–H and O–H groups in total. The highest BCUT2D eigenvalue weighted by atomic mass is 16.5. The van der Waals surface area contributed by atoms with Crippen molar-refractivity contribution < 1.29 is 23.7 Å². The van der Waals surface area contributed by atoms with Crippen LogP contribution in [-0.2, 0) is 23.7 Å². The number of methoxy groups -OCH3 is 2. The predicted molar refractivity (Wildman–Crippen MR) is 149 cm³/mol. The summed E-state index contributed by atoms with van der Waals surface area (Å²) in [4.78, 5) is 13.1. The number of ether oxygens (including phenoxy) is 4. The molecule has 3 aliphatic rings. The third kappa shape index (κ3) is 7.29. The number of rotatable bonds is 9. The molecule has 0 unspecified atom stereocenters. The number of carbonyl (C=O) groups excluding carboxylic acids is 1. The lowest BCUT2D eigenvalue weighted by Crippen LogP contribution is -2.38. The summed E-state index contributed by atoms with van der Waals surface area (Å²) < 4.78 is 23.7. The number of hydrogen-bond donors (Lipinski definition) is 0. The number of hydrogen-bond acceptors (Lipinski definition) is 6. The van der Waals surface area contributed by atoms with Crippen molar-refractivity contribution in [2.45, 2.75) is 111 Å². The Morgan fingerprint density at radius 1 is 1.00 bits per heavy atom. The number of nitriles is 1. The Hall–Kier alpha value is -1.68. The Balaban J connectivity index is 1.76. The summed E-state index contributed by atoms with van der Waals surface area (Å²) in [6.07, 6.45) is 12.7. The summed E-state index contributed by atoms with van der Waals surface area (Å²) in [5, 5.41) is 9.68. The van der Waals surface area contributed by atoms with Crippen LogP contribution in [-0.4, -0.2) is 50.7 Å². The third-order valence-electron chi connectivity index (χ3n) is 9.54. The van der Waals surface area contributed by atoms with E-state index in [2.05, 4.69) is 58.9 Å². The molecule has 0 amide bonds. The number of nitrogens with zero attached hydrogens (tertiary/aromatic N) is 1. The molecular formula is C32H51NO5. The van der Waals surface area contributed by atoms with Crippen LogP contribution in [0, 0.1) is 52.8 Å². The molecule has 2 heterocycles. The average molecular weight is 530 g/mol. The van der Waals surface area contributed by atoms with Gasteiger partial charge < -0.3 is 18.9 Å². The second-order valence-corrected chi connectivity index (χ2v) is 12.4. The van der Waals surface area contributed by atoms with Crippen LogP contribution < -0.4 is 0 Å². The van der Waals surface area contributed by atoms with Gasteiger partial charge in [0.2, 0.25) is 0 Å². The van der Waals surface area contributed by atoms with Crippen molar-refractivity contribution in [3.8, 4) is 6.07 Å². The van der Waals surface area contributed by atoms with Crippen LogP contribution in [0.25, 0.3) is 0 Å². The molecule has 2 aliphatic heterocycles. The molecule has 0 aromatic carbocycles. The fraction of sp³-hybridized carbons (Fsp3) is 0.812. The van der Waals surface area contributed by atoms with Crippen LogP contribution in [0.4, 0.5) is 0 Å². The van der Waals surface area contributed by atoms with E-state index in [0.717, 1.165) is 38.5 Å². The molecule has 214 valence electrons. The van der Waals surface area contributed by atoms with Crippen LogP contribution in [0.1, 0.15) is 80.1 Å². The summed E-state index contributed by atoms with van der Waals surface area (Å²) in [6, 6.07) is 2.47. The Bertz CT molecular complexity index is 878. The first-order valence-electron chi connectivity index (χ1n) is 14.8. The Morgan fingerprint density at radius 3 is 2.39 bits per heavy atom. The largest absolute Gasteiger partial charge is 0.466 e. The molecule has 0 aromatic rings. The van der Waals surface area contributed by atoms with Crippen LogP contribution in [0.2, 0.25) is 0 Å². The topological polar surface area (TPSA) is 77.8 Å². The third-order valence-corrected chi connectivity index (χ3v) is 9.54. The van der Waals surface area contributed by atoms with Crippen molar-refractivity contribution >= 4 is 5.97 Å². The number of carbonyl (C=O) groups is 1. The van der Waals surface area contributed by atoms with Gasteiger partial charge in [-0.3, -0.25) is 0 Å². The zero-order valence-electron chi connectivity index (χ0n) is 24.9. The molecule has 3 rings (SSSR count). The van der Waals surface area contributed by atoms with E-state index >= 15 is 0 Å². The van der Waals surface area contributed by atoms with Crippen molar-refractivity contribution in [1.29, 1.82) is 5.26 Å². The van der Waals surface area contributed by atoms with Crippen LogP contribution in [0.3, 0.4) is 0 Å². The van der Waals surface area contributed by atoms with E-state index in [4.69, 9.17) is 18.9 Å². The van der Waals surface area contributed by atoms with E-state index in [1.54, 1.807) is 7.11 Å². The molecule has 2 saturated heterocycles. The van der Waals surface area contributed by atoms with Gasteiger partial charge in [-0.15, -0.1) is 0 Å². The Morgan fingerprint density at radius 2 is 1.74 bits per heavy atom. The molecule has 1 saturated carbocycles. The van der Waals surface area contributed by atoms with Crippen molar-refractivity contribution in [3.63, 3.8) is 0 Å². The van der Waals surface area contributed by atoms with Gasteiger partial charge >= 0.3 is 5.97 Å². The lowest BCUT2D eigenvalue weighted by Gasteiger charge is -2.39. The lowest BCUT2D eigenvalue weighted by molar-refractivity contribution is -0.139. The second kappa shape index (κ2) is 14.1. The van der Waals surface area contributed by atoms with Gasteiger partial charge in [0.15, 0.2) is 0 Å². The summed E-state index contributed by atoms with van der Waals surface area (Å²) >= 11 is 0. The molecule has 6 heteroatoms. The summed E-state index contributed by atoms with van der Waals surface area (Å²) in [5.74, 6) is 1.43. The minimum absolute atomic E-state index is 0.0565. The number of esters is 1. The molecule has 38 heavy (non-hydrogen) atoms. The van der Waals surface area contributed by atoms with Crippen molar-refractivity contribution in [2.75, 3.05) is 14.2 Å². The van der Waals surface area contributed by atoms with E-state index in [-0.39, 0.29) is 66.1 Å². The molecule has 6 nitrogen and oxygen atoms in total. The molecule has 0 aromatic heterocycles. The van der Waals surface area contributed by atoms with E-state index in [1.807, 2.05) is 6.92 Å². The maximum Gasteiger partial charge on any atom is 0.336 e. The van der Waals surface area contributed by atoms with E-state index in [9.17, 15) is 10.1 Å². The van der Waals surface area contributed by atoms with Gasteiger partial charge in [0, 0.05) is 18.9 Å². The normalized spacial score (nSPS) is 38.9. The molecule has 0 bridgehead atoms. The fourth-order valence-corrected chi connectivity index (χ4v) is 7.14.